The minimum Gasteiger partial charge on any atom is -0.355 e. The maximum atomic E-state index is 11.5. The van der Waals surface area contributed by atoms with E-state index in [1.165, 1.54) is 7.05 Å². The Morgan fingerprint density at radius 3 is 2.80 bits per heavy atom. The number of pyridine rings is 1. The first-order chi connectivity index (χ1) is 7.22. The fourth-order valence-electron chi connectivity index (χ4n) is 1.45. The van der Waals surface area contributed by atoms with Crippen molar-refractivity contribution in [1.29, 1.82) is 0 Å². The largest absolute Gasteiger partial charge is 0.355 e. The Morgan fingerprint density at radius 1 is 1.33 bits per heavy atom. The van der Waals surface area contributed by atoms with Gasteiger partial charge in [0.15, 0.2) is 0 Å². The van der Waals surface area contributed by atoms with Crippen LogP contribution in [0, 0.1) is 0 Å². The molecule has 0 unspecified atom stereocenters. The number of carbonyl (C=O) groups is 1. The number of rotatable bonds is 1. The Bertz CT molecular complexity index is 572. The van der Waals surface area contributed by atoms with E-state index in [0.717, 1.165) is 10.9 Å². The number of amides is 1. The van der Waals surface area contributed by atoms with Crippen LogP contribution in [0.3, 0.4) is 0 Å². The minimum absolute atomic E-state index is 0.135. The van der Waals surface area contributed by atoms with Crippen molar-refractivity contribution in [3.8, 4) is 0 Å². The van der Waals surface area contributed by atoms with E-state index < -0.39 is 0 Å². The number of H-pyrrole nitrogens is 1. The lowest BCUT2D eigenvalue weighted by atomic mass is 10.1. The van der Waals surface area contributed by atoms with Crippen LogP contribution in [0.5, 0.6) is 0 Å². The van der Waals surface area contributed by atoms with Crippen molar-refractivity contribution in [2.75, 3.05) is 7.05 Å². The summed E-state index contributed by atoms with van der Waals surface area (Å²) >= 11 is 0. The summed E-state index contributed by atoms with van der Waals surface area (Å²) in [5.74, 6) is -0.373. The molecule has 0 saturated carbocycles. The van der Waals surface area contributed by atoms with Gasteiger partial charge < -0.3 is 10.3 Å². The van der Waals surface area contributed by atoms with Crippen molar-refractivity contribution >= 4 is 16.8 Å². The number of aromatic nitrogens is 1. The molecule has 1 heterocycles. The first-order valence-electron chi connectivity index (χ1n) is 4.56. The molecule has 15 heavy (non-hydrogen) atoms. The third-order valence-electron chi connectivity index (χ3n) is 2.23. The molecule has 2 rings (SSSR count). The van der Waals surface area contributed by atoms with Gasteiger partial charge in [0.25, 0.3) is 11.5 Å². The van der Waals surface area contributed by atoms with Gasteiger partial charge in [0.1, 0.15) is 5.56 Å². The molecule has 0 aliphatic carbocycles. The summed E-state index contributed by atoms with van der Waals surface area (Å²) in [7, 11) is 1.50. The van der Waals surface area contributed by atoms with Crippen LogP contribution in [0.4, 0.5) is 0 Å². The van der Waals surface area contributed by atoms with Crippen molar-refractivity contribution < 1.29 is 4.79 Å². The summed E-state index contributed by atoms with van der Waals surface area (Å²) in [5, 5.41) is 3.27. The van der Waals surface area contributed by atoms with E-state index in [-0.39, 0.29) is 17.0 Å². The molecule has 2 aromatic rings. The van der Waals surface area contributed by atoms with Crippen LogP contribution < -0.4 is 10.9 Å². The van der Waals surface area contributed by atoms with Crippen LogP contribution in [-0.2, 0) is 0 Å². The van der Waals surface area contributed by atoms with Crippen molar-refractivity contribution in [2.45, 2.75) is 0 Å². The van der Waals surface area contributed by atoms with Gasteiger partial charge in [-0.05, 0) is 17.5 Å². The Balaban J connectivity index is 2.73. The molecule has 0 bridgehead atoms. The Morgan fingerprint density at radius 2 is 2.07 bits per heavy atom. The van der Waals surface area contributed by atoms with E-state index in [0.29, 0.717) is 0 Å². The number of hydrogen-bond acceptors (Lipinski definition) is 2. The summed E-state index contributed by atoms with van der Waals surface area (Å²) in [6.07, 6.45) is 0. The highest BCUT2D eigenvalue weighted by molar-refractivity contribution is 5.96. The third kappa shape index (κ3) is 1.61. The van der Waals surface area contributed by atoms with Gasteiger partial charge in [-0.2, -0.15) is 0 Å². The summed E-state index contributed by atoms with van der Waals surface area (Å²) in [6, 6.07) is 8.92. The molecule has 0 radical (unpaired) electrons. The highest BCUT2D eigenvalue weighted by atomic mass is 16.2. The molecule has 2 N–H and O–H groups in total. The number of hydrogen-bond donors (Lipinski definition) is 2. The second kappa shape index (κ2) is 3.57. The molecule has 76 valence electrons. The van der Waals surface area contributed by atoms with Gasteiger partial charge in [-0.1, -0.05) is 18.2 Å². The van der Waals surface area contributed by atoms with E-state index in [2.05, 4.69) is 10.3 Å². The zero-order valence-corrected chi connectivity index (χ0v) is 8.20. The number of carbonyl (C=O) groups excluding carboxylic acids is 1. The molecule has 0 aliphatic rings. The molecule has 0 spiro atoms. The lowest BCUT2D eigenvalue weighted by Gasteiger charge is -2.01. The standard InChI is InChI=1S/C11H10N2O2/c1-12-10(14)8-6-7-4-2-3-5-9(7)13-11(8)15/h2-6H,1H3,(H,12,14)(H,13,15). The summed E-state index contributed by atoms with van der Waals surface area (Å²) in [6.45, 7) is 0. The summed E-state index contributed by atoms with van der Waals surface area (Å²) in [4.78, 5) is 25.5. The number of para-hydroxylation sites is 1. The molecule has 4 heteroatoms. The van der Waals surface area contributed by atoms with Crippen molar-refractivity contribution in [3.05, 3.63) is 46.2 Å². The fourth-order valence-corrected chi connectivity index (χ4v) is 1.45. The highest BCUT2D eigenvalue weighted by Gasteiger charge is 2.09. The van der Waals surface area contributed by atoms with Crippen LogP contribution in [0.15, 0.2) is 35.1 Å². The molecule has 1 amide bonds. The summed E-state index contributed by atoms with van der Waals surface area (Å²) in [5.41, 5.74) is 0.499. The average Bonchev–Trinajstić information content (AvgIpc) is 2.27. The zero-order chi connectivity index (χ0) is 10.8. The van der Waals surface area contributed by atoms with E-state index >= 15 is 0 Å². The molecular formula is C11H10N2O2. The Hall–Kier alpha value is -2.10. The van der Waals surface area contributed by atoms with E-state index in [1.807, 2.05) is 18.2 Å². The quantitative estimate of drug-likeness (QED) is 0.721. The van der Waals surface area contributed by atoms with Gasteiger partial charge in [0, 0.05) is 12.6 Å². The lowest BCUT2D eigenvalue weighted by molar-refractivity contribution is 0.0962. The Labute approximate surface area is 85.9 Å². The van der Waals surface area contributed by atoms with Crippen molar-refractivity contribution in [1.82, 2.24) is 10.3 Å². The predicted octanol–water partition coefficient (Wildman–Crippen LogP) is 0.888. The van der Waals surface area contributed by atoms with Gasteiger partial charge in [0.2, 0.25) is 0 Å². The van der Waals surface area contributed by atoms with Gasteiger partial charge in [0.05, 0.1) is 0 Å². The number of benzene rings is 1. The topological polar surface area (TPSA) is 62.0 Å². The first kappa shape index (κ1) is 9.45. The van der Waals surface area contributed by atoms with Crippen LogP contribution in [0.1, 0.15) is 10.4 Å². The number of fused-ring (bicyclic) bond motifs is 1. The smallest absolute Gasteiger partial charge is 0.261 e. The van der Waals surface area contributed by atoms with Gasteiger partial charge in [-0.3, -0.25) is 9.59 Å². The van der Waals surface area contributed by atoms with E-state index in [4.69, 9.17) is 0 Å². The molecule has 0 aliphatic heterocycles. The average molecular weight is 202 g/mol. The molecular weight excluding hydrogens is 192 g/mol. The molecule has 4 nitrogen and oxygen atoms in total. The maximum absolute atomic E-state index is 11.5. The number of nitrogens with one attached hydrogen (secondary N) is 2. The third-order valence-corrected chi connectivity index (χ3v) is 2.23. The van der Waals surface area contributed by atoms with Gasteiger partial charge in [-0.25, -0.2) is 0 Å². The zero-order valence-electron chi connectivity index (χ0n) is 8.20. The lowest BCUT2D eigenvalue weighted by Crippen LogP contribution is -2.26. The second-order valence-corrected chi connectivity index (χ2v) is 3.18. The predicted molar refractivity (Wildman–Crippen MR) is 58.0 cm³/mol. The highest BCUT2D eigenvalue weighted by Crippen LogP contribution is 2.09. The van der Waals surface area contributed by atoms with Crippen molar-refractivity contribution in [2.24, 2.45) is 0 Å². The maximum Gasteiger partial charge on any atom is 0.261 e. The van der Waals surface area contributed by atoms with Gasteiger partial charge in [-0.15, -0.1) is 0 Å². The molecule has 1 aromatic heterocycles. The fraction of sp³-hybridized carbons (Fsp3) is 0.0909. The SMILES string of the molecule is CNC(=O)c1cc2ccccc2[nH]c1=O. The summed E-state index contributed by atoms with van der Waals surface area (Å²) < 4.78 is 0. The van der Waals surface area contributed by atoms with Crippen LogP contribution in [-0.4, -0.2) is 17.9 Å². The molecule has 1 aromatic carbocycles. The monoisotopic (exact) mass is 202 g/mol. The van der Waals surface area contributed by atoms with Crippen molar-refractivity contribution in [3.63, 3.8) is 0 Å². The van der Waals surface area contributed by atoms with Crippen LogP contribution in [0.25, 0.3) is 10.9 Å². The van der Waals surface area contributed by atoms with E-state index in [1.54, 1.807) is 12.1 Å². The van der Waals surface area contributed by atoms with Gasteiger partial charge >= 0.3 is 0 Å². The number of aromatic amines is 1. The normalized spacial score (nSPS) is 10.2. The second-order valence-electron chi connectivity index (χ2n) is 3.18. The Kier molecular flexibility index (Phi) is 2.25. The van der Waals surface area contributed by atoms with Crippen LogP contribution in [0.2, 0.25) is 0 Å². The first-order valence-corrected chi connectivity index (χ1v) is 4.56. The van der Waals surface area contributed by atoms with Crippen LogP contribution >= 0.6 is 0 Å². The molecule has 0 saturated heterocycles. The molecule has 0 atom stereocenters. The minimum atomic E-state index is -0.373. The van der Waals surface area contributed by atoms with E-state index in [9.17, 15) is 9.59 Å². The molecule has 0 fully saturated rings.